The van der Waals surface area contributed by atoms with Crippen LogP contribution in [0.1, 0.15) is 32.1 Å². The lowest BCUT2D eigenvalue weighted by Crippen LogP contribution is -2.57. The van der Waals surface area contributed by atoms with Gasteiger partial charge < -0.3 is 24.8 Å². The number of benzene rings is 1. The van der Waals surface area contributed by atoms with Crippen LogP contribution in [0.4, 0.5) is 10.2 Å². The maximum absolute atomic E-state index is 15.3. The number of rotatable bonds is 7. The van der Waals surface area contributed by atoms with Gasteiger partial charge in [0.1, 0.15) is 11.9 Å². The average molecular weight is 493 g/mol. The van der Waals surface area contributed by atoms with E-state index in [1.165, 1.54) is 7.11 Å². The van der Waals surface area contributed by atoms with Crippen LogP contribution in [0, 0.1) is 0 Å². The zero-order valence-electron chi connectivity index (χ0n) is 20.3. The van der Waals surface area contributed by atoms with Gasteiger partial charge >= 0.3 is 0 Å². The Kier molecular flexibility index (Phi) is 5.83. The summed E-state index contributed by atoms with van der Waals surface area (Å²) in [6.07, 6.45) is 7.11. The third kappa shape index (κ3) is 4.09. The molecule has 0 amide bonds. The Labute approximate surface area is 208 Å². The zero-order valence-corrected chi connectivity index (χ0v) is 20.3. The molecule has 0 unspecified atom stereocenters. The quantitative estimate of drug-likeness (QED) is 0.512. The van der Waals surface area contributed by atoms with Crippen LogP contribution in [0.25, 0.3) is 22.5 Å². The lowest BCUT2D eigenvalue weighted by atomic mass is 9.96. The fourth-order valence-electron chi connectivity index (χ4n) is 5.52. The molecule has 6 rings (SSSR count). The number of nitrogens with zero attached hydrogens (tertiary/aromatic N) is 5. The number of nitrogens with one attached hydrogen (secondary N) is 1. The fourth-order valence-corrected chi connectivity index (χ4v) is 5.52. The molecule has 3 aromatic rings. The number of piperidine rings is 1. The minimum absolute atomic E-state index is 0.0228. The molecule has 0 spiro atoms. The van der Waals surface area contributed by atoms with E-state index in [4.69, 9.17) is 9.47 Å². The molecule has 0 radical (unpaired) electrons. The topological polar surface area (TPSA) is 106 Å². The second-order valence-corrected chi connectivity index (χ2v) is 9.74. The minimum atomic E-state index is -0.937. The summed E-state index contributed by atoms with van der Waals surface area (Å²) in [6.45, 7) is 0. The molecule has 1 aromatic carbocycles. The highest BCUT2D eigenvalue weighted by molar-refractivity contribution is 5.73. The second kappa shape index (κ2) is 9.16. The number of hydrogen-bond acceptors (Lipinski definition) is 9. The van der Waals surface area contributed by atoms with E-state index in [1.54, 1.807) is 37.7 Å². The summed E-state index contributed by atoms with van der Waals surface area (Å²) in [7, 11) is 3.08. The summed E-state index contributed by atoms with van der Waals surface area (Å²) in [5.74, 6) is 1.82. The summed E-state index contributed by atoms with van der Waals surface area (Å²) in [6, 6.07) is 7.39. The number of phenolic OH excluding ortho intramolecular Hbond substituents is 1. The first kappa shape index (κ1) is 22.9. The molecule has 36 heavy (non-hydrogen) atoms. The standard InChI is InChI=1S/C26H29FN6O3/c1-35-22-10-15(12-29-26(22)36-2)14-3-7-18(21(34)9-14)25-28-13-23(31-32-25)33(17-5-6-17)20-11-16-4-8-19(30-16)24(20)27/h3,7,9-10,12-13,16-17,19-20,24,30,34H,4-6,8,11H2,1-2H3/t16-,19+,20-,24+/m1/s1. The first-order valence-corrected chi connectivity index (χ1v) is 12.4. The molecule has 4 heterocycles. The number of methoxy groups -OCH3 is 2. The molecule has 10 heteroatoms. The van der Waals surface area contributed by atoms with Crippen molar-refractivity contribution in [1.82, 2.24) is 25.5 Å². The van der Waals surface area contributed by atoms with Crippen LogP contribution >= 0.6 is 0 Å². The van der Waals surface area contributed by atoms with Crippen molar-refractivity contribution in [3.05, 3.63) is 36.7 Å². The number of anilines is 1. The van der Waals surface area contributed by atoms with Crippen molar-refractivity contribution < 1.29 is 19.0 Å². The van der Waals surface area contributed by atoms with Gasteiger partial charge in [0.2, 0.25) is 0 Å². The highest BCUT2D eigenvalue weighted by Gasteiger charge is 2.48. The summed E-state index contributed by atoms with van der Waals surface area (Å²) >= 11 is 0. The number of pyridine rings is 1. The van der Waals surface area contributed by atoms with Gasteiger partial charge in [0, 0.05) is 29.9 Å². The zero-order chi connectivity index (χ0) is 24.8. The summed E-state index contributed by atoms with van der Waals surface area (Å²) in [5.41, 5.74) is 1.98. The highest BCUT2D eigenvalue weighted by atomic mass is 19.1. The van der Waals surface area contributed by atoms with Gasteiger partial charge in [-0.05, 0) is 55.9 Å². The molecule has 2 N–H and O–H groups in total. The molecule has 9 nitrogen and oxygen atoms in total. The normalized spacial score (nSPS) is 25.0. The van der Waals surface area contributed by atoms with Gasteiger partial charge in [0.05, 0.1) is 32.0 Å². The van der Waals surface area contributed by atoms with Gasteiger partial charge in [0.15, 0.2) is 17.4 Å². The maximum Gasteiger partial charge on any atom is 0.256 e. The van der Waals surface area contributed by atoms with Crippen LogP contribution < -0.4 is 19.7 Å². The lowest BCUT2D eigenvalue weighted by Gasteiger charge is -2.40. The number of halogens is 1. The smallest absolute Gasteiger partial charge is 0.256 e. The van der Waals surface area contributed by atoms with E-state index in [-0.39, 0.29) is 23.9 Å². The summed E-state index contributed by atoms with van der Waals surface area (Å²) in [5, 5.41) is 22.9. The van der Waals surface area contributed by atoms with Gasteiger partial charge in [-0.3, -0.25) is 0 Å². The SMILES string of the molecule is COc1cc(-c2ccc(-c3ncc(N(C4CC4)[C@@H]4C[C@H]5CC[C@H](N5)[C@@H]4F)nn3)c(O)c2)cnc1OC. The third-order valence-electron chi connectivity index (χ3n) is 7.47. The van der Waals surface area contributed by atoms with E-state index in [9.17, 15) is 5.11 Å². The van der Waals surface area contributed by atoms with E-state index >= 15 is 4.39 Å². The number of fused-ring (bicyclic) bond motifs is 2. The van der Waals surface area contributed by atoms with Crippen LogP contribution in [0.3, 0.4) is 0 Å². The molecule has 2 aliphatic heterocycles. The van der Waals surface area contributed by atoms with Crippen molar-refractivity contribution in [2.75, 3.05) is 19.1 Å². The molecule has 3 aliphatic rings. The predicted molar refractivity (Wildman–Crippen MR) is 132 cm³/mol. The Hall–Kier alpha value is -3.53. The Balaban J connectivity index is 1.25. The summed E-state index contributed by atoms with van der Waals surface area (Å²) < 4.78 is 25.8. The van der Waals surface area contributed by atoms with Gasteiger partial charge in [-0.25, -0.2) is 14.4 Å². The molecule has 3 fully saturated rings. The second-order valence-electron chi connectivity index (χ2n) is 9.74. The number of alkyl halides is 1. The fraction of sp³-hybridized carbons (Fsp3) is 0.462. The van der Waals surface area contributed by atoms with Crippen molar-refractivity contribution in [1.29, 1.82) is 0 Å². The number of aromatic nitrogens is 4. The lowest BCUT2D eigenvalue weighted by molar-refractivity contribution is 0.171. The van der Waals surface area contributed by atoms with Crippen molar-refractivity contribution in [2.45, 2.75) is 62.4 Å². The minimum Gasteiger partial charge on any atom is -0.507 e. The van der Waals surface area contributed by atoms with Crippen LogP contribution in [0.2, 0.25) is 0 Å². The molecule has 2 bridgehead atoms. The van der Waals surface area contributed by atoms with E-state index in [0.717, 1.165) is 43.2 Å². The van der Waals surface area contributed by atoms with Crippen LogP contribution in [-0.2, 0) is 0 Å². The van der Waals surface area contributed by atoms with Crippen molar-refractivity contribution in [2.24, 2.45) is 0 Å². The highest BCUT2D eigenvalue weighted by Crippen LogP contribution is 2.40. The van der Waals surface area contributed by atoms with Gasteiger partial charge in [-0.15, -0.1) is 10.2 Å². The van der Waals surface area contributed by atoms with Gasteiger partial charge in [-0.2, -0.15) is 0 Å². The number of hydrogen-bond donors (Lipinski definition) is 2. The van der Waals surface area contributed by atoms with E-state index in [1.807, 2.05) is 6.07 Å². The van der Waals surface area contributed by atoms with Crippen molar-refractivity contribution >= 4 is 5.82 Å². The summed E-state index contributed by atoms with van der Waals surface area (Å²) in [4.78, 5) is 10.9. The molecule has 4 atom stereocenters. The molecule has 1 aliphatic carbocycles. The maximum atomic E-state index is 15.3. The predicted octanol–water partition coefficient (Wildman–Crippen LogP) is 3.52. The van der Waals surface area contributed by atoms with Crippen LogP contribution in [-0.4, -0.2) is 69.8 Å². The van der Waals surface area contributed by atoms with Crippen molar-refractivity contribution in [3.8, 4) is 39.9 Å². The molecular weight excluding hydrogens is 463 g/mol. The Morgan fingerprint density at radius 1 is 1.00 bits per heavy atom. The number of aromatic hydroxyl groups is 1. The number of ether oxygens (including phenoxy) is 2. The molecule has 188 valence electrons. The molecular formula is C26H29FN6O3. The van der Waals surface area contributed by atoms with Crippen LogP contribution in [0.15, 0.2) is 36.7 Å². The Bertz CT molecular complexity index is 1250. The van der Waals surface area contributed by atoms with Gasteiger partial charge in [0.25, 0.3) is 5.88 Å². The van der Waals surface area contributed by atoms with Crippen molar-refractivity contribution in [3.63, 3.8) is 0 Å². The van der Waals surface area contributed by atoms with Gasteiger partial charge in [-0.1, -0.05) is 6.07 Å². The van der Waals surface area contributed by atoms with E-state index in [2.05, 4.69) is 30.4 Å². The molecule has 1 saturated carbocycles. The Morgan fingerprint density at radius 3 is 2.56 bits per heavy atom. The average Bonchev–Trinajstić information content (AvgIpc) is 3.66. The first-order chi connectivity index (χ1) is 17.6. The molecule has 2 aromatic heterocycles. The largest absolute Gasteiger partial charge is 0.507 e. The van der Waals surface area contributed by atoms with Crippen LogP contribution in [0.5, 0.6) is 17.4 Å². The Morgan fingerprint density at radius 2 is 1.86 bits per heavy atom. The molecule has 2 saturated heterocycles. The first-order valence-electron chi connectivity index (χ1n) is 12.4. The third-order valence-corrected chi connectivity index (χ3v) is 7.47. The monoisotopic (exact) mass is 492 g/mol. The van der Waals surface area contributed by atoms with E-state index < -0.39 is 6.17 Å². The number of phenols is 1. The van der Waals surface area contributed by atoms with E-state index in [0.29, 0.717) is 34.9 Å².